The van der Waals surface area contributed by atoms with Crippen LogP contribution < -0.4 is 15.1 Å². The van der Waals surface area contributed by atoms with E-state index < -0.39 is 0 Å². The number of carbonyl (C=O) groups excluding carboxylic acids is 1. The number of anilines is 3. The van der Waals surface area contributed by atoms with Crippen molar-refractivity contribution >= 4 is 23.2 Å². The number of carbonyl (C=O) groups is 1. The molecule has 5 rings (SSSR count). The van der Waals surface area contributed by atoms with Crippen LogP contribution in [0, 0.1) is 0 Å². The van der Waals surface area contributed by atoms with E-state index in [1.807, 2.05) is 25.4 Å². The van der Waals surface area contributed by atoms with Crippen LogP contribution in [-0.4, -0.2) is 44.9 Å². The number of aromatic nitrogens is 4. The number of pyridine rings is 2. The highest BCUT2D eigenvalue weighted by Crippen LogP contribution is 2.40. The van der Waals surface area contributed by atoms with E-state index in [2.05, 4.69) is 26.4 Å². The van der Waals surface area contributed by atoms with Crippen LogP contribution in [-0.2, 0) is 7.05 Å². The van der Waals surface area contributed by atoms with Gasteiger partial charge < -0.3 is 10.2 Å². The van der Waals surface area contributed by atoms with Crippen LogP contribution in [0.1, 0.15) is 6.42 Å². The molecule has 0 aromatic carbocycles. The van der Waals surface area contributed by atoms with Crippen molar-refractivity contribution in [2.45, 2.75) is 12.5 Å². The number of fused-ring (bicyclic) bond motifs is 4. The lowest BCUT2D eigenvalue weighted by molar-refractivity contribution is 0.255. The molecule has 2 aliphatic heterocycles. The van der Waals surface area contributed by atoms with Crippen LogP contribution in [0.25, 0.3) is 11.3 Å². The molecule has 0 radical (unpaired) electrons. The summed E-state index contributed by atoms with van der Waals surface area (Å²) in [6, 6.07) is 7.62. The maximum Gasteiger partial charge on any atom is 0.327 e. The van der Waals surface area contributed by atoms with Gasteiger partial charge in [0.25, 0.3) is 0 Å². The molecule has 136 valence electrons. The molecular formula is C19H19N7O. The standard InChI is InChI=1S/C19H19N7O/c1-24-11-13(9-21-24)16-4-5-17-18(23-16)26(15-6-8-25(17)12-15)19(27)22-14-3-2-7-20-10-14/h2-5,7,9-11,15H,6,8,12H2,1H3,(H,22,27)/t15-/m0/s1. The molecule has 1 N–H and O–H groups in total. The van der Waals surface area contributed by atoms with Crippen molar-refractivity contribution in [1.29, 1.82) is 0 Å². The Kier molecular flexibility index (Phi) is 3.56. The minimum atomic E-state index is -0.174. The summed E-state index contributed by atoms with van der Waals surface area (Å²) in [7, 11) is 1.88. The third kappa shape index (κ3) is 2.69. The minimum Gasteiger partial charge on any atom is -0.366 e. The molecule has 8 nitrogen and oxygen atoms in total. The zero-order valence-corrected chi connectivity index (χ0v) is 14.9. The van der Waals surface area contributed by atoms with Crippen molar-refractivity contribution in [2.75, 3.05) is 28.2 Å². The second-order valence-electron chi connectivity index (χ2n) is 6.87. The summed E-state index contributed by atoms with van der Waals surface area (Å²) >= 11 is 0. The number of rotatable bonds is 2. The van der Waals surface area contributed by atoms with Gasteiger partial charge in [0.2, 0.25) is 0 Å². The van der Waals surface area contributed by atoms with E-state index >= 15 is 0 Å². The van der Waals surface area contributed by atoms with E-state index in [-0.39, 0.29) is 12.1 Å². The molecule has 0 aliphatic carbocycles. The first-order valence-corrected chi connectivity index (χ1v) is 8.94. The highest BCUT2D eigenvalue weighted by molar-refractivity contribution is 6.04. The fourth-order valence-corrected chi connectivity index (χ4v) is 3.81. The molecule has 2 aliphatic rings. The molecule has 2 bridgehead atoms. The number of hydrogen-bond donors (Lipinski definition) is 1. The van der Waals surface area contributed by atoms with Gasteiger partial charge in [-0.25, -0.2) is 9.78 Å². The Morgan fingerprint density at radius 2 is 2.19 bits per heavy atom. The van der Waals surface area contributed by atoms with Crippen LogP contribution in [0.3, 0.4) is 0 Å². The third-order valence-corrected chi connectivity index (χ3v) is 5.08. The Labute approximate surface area is 156 Å². The van der Waals surface area contributed by atoms with Crippen molar-refractivity contribution in [3.05, 3.63) is 49.1 Å². The van der Waals surface area contributed by atoms with E-state index in [0.717, 1.165) is 36.5 Å². The molecule has 27 heavy (non-hydrogen) atoms. The predicted octanol–water partition coefficient (Wildman–Crippen LogP) is 2.51. The van der Waals surface area contributed by atoms with Gasteiger partial charge in [-0.05, 0) is 30.7 Å². The molecule has 3 aromatic rings. The van der Waals surface area contributed by atoms with E-state index in [4.69, 9.17) is 4.98 Å². The molecule has 8 heteroatoms. The second kappa shape index (κ2) is 6.08. The van der Waals surface area contributed by atoms with Gasteiger partial charge >= 0.3 is 6.03 Å². The molecular weight excluding hydrogens is 342 g/mol. The summed E-state index contributed by atoms with van der Waals surface area (Å²) in [4.78, 5) is 26.1. The number of hydrogen-bond acceptors (Lipinski definition) is 5. The minimum absolute atomic E-state index is 0.116. The fourth-order valence-electron chi connectivity index (χ4n) is 3.81. The van der Waals surface area contributed by atoms with E-state index in [1.165, 1.54) is 0 Å². The topological polar surface area (TPSA) is 79.2 Å². The maximum absolute atomic E-state index is 13.1. The molecule has 0 saturated carbocycles. The molecule has 2 amide bonds. The molecule has 1 fully saturated rings. The van der Waals surface area contributed by atoms with Crippen LogP contribution in [0.5, 0.6) is 0 Å². The fraction of sp³-hybridized carbons (Fsp3) is 0.263. The summed E-state index contributed by atoms with van der Waals surface area (Å²) in [5.74, 6) is 0.700. The lowest BCUT2D eigenvalue weighted by atomic mass is 10.1. The van der Waals surface area contributed by atoms with Gasteiger partial charge in [-0.15, -0.1) is 0 Å². The van der Waals surface area contributed by atoms with Crippen LogP contribution in [0.2, 0.25) is 0 Å². The first kappa shape index (κ1) is 15.8. The van der Waals surface area contributed by atoms with Crippen LogP contribution in [0.4, 0.5) is 22.0 Å². The van der Waals surface area contributed by atoms with E-state index in [0.29, 0.717) is 11.5 Å². The van der Waals surface area contributed by atoms with Crippen molar-refractivity contribution in [2.24, 2.45) is 7.05 Å². The summed E-state index contributed by atoms with van der Waals surface area (Å²) in [6.45, 7) is 1.77. The van der Waals surface area contributed by atoms with Gasteiger partial charge in [0.15, 0.2) is 5.82 Å². The predicted molar refractivity (Wildman–Crippen MR) is 103 cm³/mol. The zero-order chi connectivity index (χ0) is 18.4. The quantitative estimate of drug-likeness (QED) is 0.759. The normalized spacial score (nSPS) is 17.7. The zero-order valence-electron chi connectivity index (χ0n) is 14.9. The average molecular weight is 361 g/mol. The Morgan fingerprint density at radius 3 is 2.96 bits per heavy atom. The number of nitrogens with zero attached hydrogens (tertiary/aromatic N) is 6. The Balaban J connectivity index is 1.54. The van der Waals surface area contributed by atoms with Gasteiger partial charge in [0.05, 0.1) is 35.5 Å². The molecule has 3 aromatic heterocycles. The molecule has 0 spiro atoms. The van der Waals surface area contributed by atoms with Gasteiger partial charge in [-0.3, -0.25) is 14.6 Å². The van der Waals surface area contributed by atoms with Crippen LogP contribution in [0.15, 0.2) is 49.1 Å². The van der Waals surface area contributed by atoms with Gasteiger partial charge in [-0.2, -0.15) is 5.10 Å². The van der Waals surface area contributed by atoms with E-state index in [9.17, 15) is 4.79 Å². The molecule has 0 unspecified atom stereocenters. The van der Waals surface area contributed by atoms with Gasteiger partial charge in [0, 0.05) is 38.1 Å². The average Bonchev–Trinajstić information content (AvgIpc) is 3.30. The summed E-state index contributed by atoms with van der Waals surface area (Å²) in [5.41, 5.74) is 3.41. The summed E-state index contributed by atoms with van der Waals surface area (Å²) in [6.07, 6.45) is 7.96. The summed E-state index contributed by atoms with van der Waals surface area (Å²) in [5, 5.41) is 7.17. The van der Waals surface area contributed by atoms with Crippen molar-refractivity contribution in [3.8, 4) is 11.3 Å². The van der Waals surface area contributed by atoms with Crippen LogP contribution >= 0.6 is 0 Å². The Bertz CT molecular complexity index is 1000. The summed E-state index contributed by atoms with van der Waals surface area (Å²) < 4.78 is 1.75. The number of nitrogens with one attached hydrogen (secondary N) is 1. The molecule has 5 heterocycles. The highest BCUT2D eigenvalue weighted by atomic mass is 16.2. The smallest absolute Gasteiger partial charge is 0.327 e. The highest BCUT2D eigenvalue weighted by Gasteiger charge is 2.40. The molecule has 1 saturated heterocycles. The van der Waals surface area contributed by atoms with Gasteiger partial charge in [0.1, 0.15) is 0 Å². The lowest BCUT2D eigenvalue weighted by Gasteiger charge is -2.35. The maximum atomic E-state index is 13.1. The van der Waals surface area contributed by atoms with Gasteiger partial charge in [-0.1, -0.05) is 0 Å². The lowest BCUT2D eigenvalue weighted by Crippen LogP contribution is -2.48. The monoisotopic (exact) mass is 361 g/mol. The third-order valence-electron chi connectivity index (χ3n) is 5.08. The largest absolute Gasteiger partial charge is 0.366 e. The number of amides is 2. The molecule has 1 atom stereocenters. The van der Waals surface area contributed by atoms with Crippen molar-refractivity contribution in [1.82, 2.24) is 19.7 Å². The SMILES string of the molecule is Cn1cc(-c2ccc3c(n2)N(C(=O)Nc2cccnc2)[C@H]2CCN3C2)cn1. The second-order valence-corrected chi connectivity index (χ2v) is 6.87. The first-order chi connectivity index (χ1) is 13.2. The first-order valence-electron chi connectivity index (χ1n) is 8.94. The Hall–Kier alpha value is -3.42. The van der Waals surface area contributed by atoms with Crippen molar-refractivity contribution < 1.29 is 4.79 Å². The number of urea groups is 1. The van der Waals surface area contributed by atoms with E-state index in [1.54, 1.807) is 34.2 Å². The van der Waals surface area contributed by atoms with Crippen molar-refractivity contribution in [3.63, 3.8) is 0 Å². The Morgan fingerprint density at radius 1 is 1.26 bits per heavy atom. The number of aryl methyl sites for hydroxylation is 1.